The Labute approximate surface area is 251 Å². The highest BCUT2D eigenvalue weighted by atomic mass is 35.5. The van der Waals surface area contributed by atoms with Crippen molar-refractivity contribution in [2.24, 2.45) is 11.8 Å². The molecule has 226 valence electrons. The number of rotatable bonds is 11. The fraction of sp³-hybridized carbons (Fsp3) is 0.667. The van der Waals surface area contributed by atoms with Crippen molar-refractivity contribution in [3.05, 3.63) is 34.9 Å². The van der Waals surface area contributed by atoms with E-state index in [0.717, 1.165) is 68.9 Å². The number of amides is 3. The van der Waals surface area contributed by atoms with Gasteiger partial charge in [-0.1, -0.05) is 75.1 Å². The van der Waals surface area contributed by atoms with E-state index in [-0.39, 0.29) is 36.3 Å². The lowest BCUT2D eigenvalue weighted by Gasteiger charge is -2.33. The number of carbonyl (C=O) groups excluding carboxylic acids is 4. The molecule has 4 rings (SSSR count). The Hall–Kier alpha value is -2.46. The maximum Gasteiger partial charge on any atom is 0.417 e. The average Bonchev–Trinajstić information content (AvgIpc) is 3.27. The van der Waals surface area contributed by atoms with Crippen LogP contribution in [0.15, 0.2) is 24.3 Å². The van der Waals surface area contributed by atoms with E-state index in [0.29, 0.717) is 23.8 Å². The average molecular weight is 608 g/mol. The van der Waals surface area contributed by atoms with Gasteiger partial charge in [0, 0.05) is 16.5 Å². The molecule has 3 atom stereocenters. The summed E-state index contributed by atoms with van der Waals surface area (Å²) in [4.78, 5) is 51.7. The molecule has 9 nitrogen and oxygen atoms in total. The number of methoxy groups -OCH3 is 1. The van der Waals surface area contributed by atoms with Crippen molar-refractivity contribution >= 4 is 47.4 Å². The maximum absolute atomic E-state index is 13.6. The molecule has 0 aromatic heterocycles. The van der Waals surface area contributed by atoms with Gasteiger partial charge in [-0.2, -0.15) is 0 Å². The Morgan fingerprint density at radius 3 is 2.54 bits per heavy atom. The highest BCUT2D eigenvalue weighted by molar-refractivity contribution is 7.99. The Kier molecular flexibility index (Phi) is 11.6. The Morgan fingerprint density at radius 2 is 1.83 bits per heavy atom. The van der Waals surface area contributed by atoms with E-state index >= 15 is 0 Å². The van der Waals surface area contributed by atoms with Crippen LogP contribution < -0.4 is 15.4 Å². The van der Waals surface area contributed by atoms with E-state index in [2.05, 4.69) is 15.4 Å². The summed E-state index contributed by atoms with van der Waals surface area (Å²) in [6, 6.07) is 6.09. The molecule has 0 bridgehead atoms. The molecule has 1 heterocycles. The molecule has 1 spiro atoms. The largest absolute Gasteiger partial charge is 0.467 e. The third-order valence-electron chi connectivity index (χ3n) is 8.64. The second kappa shape index (κ2) is 15.1. The van der Waals surface area contributed by atoms with Crippen LogP contribution in [0.5, 0.6) is 0 Å². The normalized spacial score (nSPS) is 21.9. The highest BCUT2D eigenvalue weighted by Gasteiger charge is 2.46. The smallest absolute Gasteiger partial charge is 0.417 e. The highest BCUT2D eigenvalue weighted by Crippen LogP contribution is 2.39. The zero-order valence-corrected chi connectivity index (χ0v) is 25.3. The fourth-order valence-corrected chi connectivity index (χ4v) is 7.54. The molecule has 11 heteroatoms. The van der Waals surface area contributed by atoms with Crippen molar-refractivity contribution in [3.63, 3.8) is 0 Å². The van der Waals surface area contributed by atoms with Crippen LogP contribution in [0, 0.1) is 11.8 Å². The van der Waals surface area contributed by atoms with Gasteiger partial charge in [0.1, 0.15) is 17.9 Å². The Bertz CT molecular complexity index is 1080. The minimum absolute atomic E-state index is 0.0435. The number of esters is 1. The van der Waals surface area contributed by atoms with Gasteiger partial charge in [0.25, 0.3) is 0 Å². The lowest BCUT2D eigenvalue weighted by molar-refractivity contribution is -0.145. The number of halogens is 1. The minimum Gasteiger partial charge on any atom is -0.467 e. The summed E-state index contributed by atoms with van der Waals surface area (Å²) in [7, 11) is 1.28. The van der Waals surface area contributed by atoms with Gasteiger partial charge in [-0.3, -0.25) is 14.3 Å². The molecule has 1 aliphatic heterocycles. The van der Waals surface area contributed by atoms with Crippen LogP contribution in [0.3, 0.4) is 0 Å². The number of benzene rings is 1. The van der Waals surface area contributed by atoms with Gasteiger partial charge in [0.2, 0.25) is 11.8 Å². The maximum atomic E-state index is 13.6. The van der Waals surface area contributed by atoms with Gasteiger partial charge < -0.3 is 20.1 Å². The summed E-state index contributed by atoms with van der Waals surface area (Å²) >= 11 is 7.00. The first-order valence-corrected chi connectivity index (χ1v) is 16.1. The van der Waals surface area contributed by atoms with Crippen LogP contribution in [0.4, 0.5) is 4.79 Å². The number of ether oxygens (including phenoxy) is 2. The van der Waals surface area contributed by atoms with Crippen molar-refractivity contribution in [2.45, 2.75) is 107 Å². The summed E-state index contributed by atoms with van der Waals surface area (Å²) in [5, 5.41) is 5.97. The van der Waals surface area contributed by atoms with Crippen molar-refractivity contribution in [2.75, 3.05) is 7.11 Å². The van der Waals surface area contributed by atoms with Gasteiger partial charge >= 0.3 is 12.1 Å². The first kappa shape index (κ1) is 31.5. The van der Waals surface area contributed by atoms with E-state index in [1.54, 1.807) is 24.3 Å². The van der Waals surface area contributed by atoms with Gasteiger partial charge in [0.15, 0.2) is 0 Å². The van der Waals surface area contributed by atoms with Gasteiger partial charge in [-0.05, 0) is 67.7 Å². The van der Waals surface area contributed by atoms with E-state index in [4.69, 9.17) is 21.1 Å². The predicted octanol–water partition coefficient (Wildman–Crippen LogP) is 5.44. The number of carbonyl (C=O) groups is 4. The third-order valence-corrected chi connectivity index (χ3v) is 9.85. The molecule has 1 saturated heterocycles. The molecule has 1 aromatic rings. The summed E-state index contributed by atoms with van der Waals surface area (Å²) in [5.41, 5.74) is 0.556. The molecule has 41 heavy (non-hydrogen) atoms. The molecule has 3 amide bonds. The summed E-state index contributed by atoms with van der Waals surface area (Å²) < 4.78 is 13.0. The molecule has 3 fully saturated rings. The van der Waals surface area contributed by atoms with Crippen molar-refractivity contribution < 1.29 is 28.7 Å². The van der Waals surface area contributed by atoms with E-state index in [9.17, 15) is 19.2 Å². The van der Waals surface area contributed by atoms with Crippen LogP contribution in [0.25, 0.3) is 0 Å². The van der Waals surface area contributed by atoms with Crippen molar-refractivity contribution in [1.82, 2.24) is 15.4 Å². The van der Waals surface area contributed by atoms with Gasteiger partial charge in [0.05, 0.1) is 7.11 Å². The Morgan fingerprint density at radius 1 is 1.10 bits per heavy atom. The molecule has 0 radical (unpaired) electrons. The SMILES string of the molecule is COC(=O)[C@H](CC1CC2(CCCCC2)NC1=O)NC(=O)[C@H](CC1CCCCC1)SNC(=O)OCc1cccc(Cl)c1. The van der Waals surface area contributed by atoms with Crippen LogP contribution in [-0.4, -0.2) is 47.8 Å². The molecule has 3 N–H and O–H groups in total. The molecular weight excluding hydrogens is 566 g/mol. The standard InChI is InChI=1S/C30H42ClN3O6S/c1-39-28(37)24(17-22-18-30(33-26(22)35)13-6-3-7-14-30)32-27(36)25(16-20-9-4-2-5-10-20)41-34-29(38)40-19-21-11-8-12-23(31)15-21/h8,11-12,15,20,22,24-25H,2-7,9-10,13-14,16-19H2,1H3,(H,32,36)(H,33,35)(H,34,38)/t22?,24-,25-/m0/s1. The summed E-state index contributed by atoms with van der Waals surface area (Å²) in [6.45, 7) is 0.0435. The number of hydrogen-bond donors (Lipinski definition) is 3. The van der Waals surface area contributed by atoms with Crippen LogP contribution >= 0.6 is 23.5 Å². The van der Waals surface area contributed by atoms with Gasteiger partial charge in [-0.25, -0.2) is 9.59 Å². The van der Waals surface area contributed by atoms with E-state index in [1.807, 2.05) is 0 Å². The predicted molar refractivity (Wildman–Crippen MR) is 158 cm³/mol. The summed E-state index contributed by atoms with van der Waals surface area (Å²) in [6.07, 6.45) is 11.4. The third kappa shape index (κ3) is 9.26. The zero-order chi connectivity index (χ0) is 29.2. The first-order chi connectivity index (χ1) is 19.8. The summed E-state index contributed by atoms with van der Waals surface area (Å²) in [5.74, 6) is -1.03. The lowest BCUT2D eigenvalue weighted by Crippen LogP contribution is -2.47. The number of nitrogens with one attached hydrogen (secondary N) is 3. The van der Waals surface area contributed by atoms with Crippen LogP contribution in [0.1, 0.15) is 89.0 Å². The second-order valence-corrected chi connectivity index (χ2v) is 13.2. The quantitative estimate of drug-likeness (QED) is 0.226. The Balaban J connectivity index is 1.37. The van der Waals surface area contributed by atoms with E-state index < -0.39 is 23.4 Å². The second-order valence-electron chi connectivity index (χ2n) is 11.7. The monoisotopic (exact) mass is 607 g/mol. The molecule has 2 aliphatic carbocycles. The lowest BCUT2D eigenvalue weighted by atomic mass is 9.78. The minimum atomic E-state index is -0.953. The van der Waals surface area contributed by atoms with E-state index in [1.165, 1.54) is 20.0 Å². The molecular formula is C30H42ClN3O6S. The number of hydrogen-bond acceptors (Lipinski definition) is 7. The van der Waals surface area contributed by atoms with Crippen molar-refractivity contribution in [1.29, 1.82) is 0 Å². The van der Waals surface area contributed by atoms with Crippen molar-refractivity contribution in [3.8, 4) is 0 Å². The van der Waals surface area contributed by atoms with Crippen LogP contribution in [-0.2, 0) is 30.5 Å². The molecule has 2 saturated carbocycles. The first-order valence-electron chi connectivity index (χ1n) is 14.8. The molecule has 3 aliphatic rings. The molecule has 1 unspecified atom stereocenters. The zero-order valence-electron chi connectivity index (χ0n) is 23.8. The van der Waals surface area contributed by atoms with Gasteiger partial charge in [-0.15, -0.1) is 0 Å². The fourth-order valence-electron chi connectivity index (χ4n) is 6.49. The molecule has 1 aromatic carbocycles. The van der Waals surface area contributed by atoms with Crippen LogP contribution in [0.2, 0.25) is 5.02 Å². The topological polar surface area (TPSA) is 123 Å².